The van der Waals surface area contributed by atoms with Crippen molar-refractivity contribution in [3.63, 3.8) is 0 Å². The van der Waals surface area contributed by atoms with Gasteiger partial charge in [-0.15, -0.1) is 0 Å². The number of hydrogen-bond donors (Lipinski definition) is 0. The summed E-state index contributed by atoms with van der Waals surface area (Å²) in [4.78, 5) is 21.3. The minimum atomic E-state index is -0.790. The van der Waals surface area contributed by atoms with E-state index in [2.05, 4.69) is 4.74 Å². The van der Waals surface area contributed by atoms with Gasteiger partial charge in [0, 0.05) is 0 Å². The van der Waals surface area contributed by atoms with Gasteiger partial charge in [-0.3, -0.25) is 4.79 Å². The van der Waals surface area contributed by atoms with Crippen molar-refractivity contribution in [2.24, 2.45) is 5.92 Å². The van der Waals surface area contributed by atoms with Gasteiger partial charge in [0.1, 0.15) is 0 Å². The molecule has 0 spiro atoms. The third kappa shape index (κ3) is 2.53. The van der Waals surface area contributed by atoms with E-state index in [0.29, 0.717) is 5.92 Å². The van der Waals surface area contributed by atoms with Crippen LogP contribution in [0.4, 0.5) is 0 Å². The van der Waals surface area contributed by atoms with E-state index in [4.69, 9.17) is 0 Å². The lowest BCUT2D eigenvalue weighted by molar-refractivity contribution is -0.149. The van der Waals surface area contributed by atoms with E-state index in [1.807, 2.05) is 0 Å². The summed E-state index contributed by atoms with van der Waals surface area (Å²) in [5.74, 6) is -0.843. The molecule has 0 aliphatic heterocycles. The lowest BCUT2D eigenvalue weighted by Gasteiger charge is -1.90. The van der Waals surface area contributed by atoms with Crippen molar-refractivity contribution in [1.82, 2.24) is 0 Å². The van der Waals surface area contributed by atoms with Crippen LogP contribution in [0.2, 0.25) is 0 Å². The molecule has 0 aromatic heterocycles. The number of hydrogen-bond acceptors (Lipinski definition) is 3. The molecule has 0 radical (unpaired) electrons. The molecule has 60 valence electrons. The SMILES string of the molecule is COC(=O)C(=O)/C=C/C1CC1. The van der Waals surface area contributed by atoms with Crippen LogP contribution in [0, 0.1) is 5.92 Å². The van der Waals surface area contributed by atoms with Crippen LogP contribution >= 0.6 is 0 Å². The fraction of sp³-hybridized carbons (Fsp3) is 0.500. The van der Waals surface area contributed by atoms with Gasteiger partial charge in [-0.25, -0.2) is 4.79 Å². The van der Waals surface area contributed by atoms with Gasteiger partial charge < -0.3 is 4.74 Å². The molecular formula is C8H10O3. The predicted molar refractivity (Wildman–Crippen MR) is 38.9 cm³/mol. The van der Waals surface area contributed by atoms with Gasteiger partial charge in [0.15, 0.2) is 0 Å². The van der Waals surface area contributed by atoms with E-state index in [1.54, 1.807) is 6.08 Å². The zero-order valence-corrected chi connectivity index (χ0v) is 6.37. The lowest BCUT2D eigenvalue weighted by atomic mass is 10.3. The predicted octanol–water partition coefficient (Wildman–Crippen LogP) is 0.695. The van der Waals surface area contributed by atoms with Crippen LogP contribution in [0.1, 0.15) is 12.8 Å². The van der Waals surface area contributed by atoms with E-state index in [-0.39, 0.29) is 0 Å². The van der Waals surface area contributed by atoms with Gasteiger partial charge in [-0.05, 0) is 24.8 Å². The highest BCUT2D eigenvalue weighted by Gasteiger charge is 2.18. The average molecular weight is 154 g/mol. The van der Waals surface area contributed by atoms with Crippen molar-refractivity contribution in [2.75, 3.05) is 7.11 Å². The summed E-state index contributed by atoms with van der Waals surface area (Å²) in [7, 11) is 1.20. The summed E-state index contributed by atoms with van der Waals surface area (Å²) < 4.78 is 4.22. The van der Waals surface area contributed by atoms with Crippen LogP contribution in [0.3, 0.4) is 0 Å². The molecule has 1 rings (SSSR count). The Morgan fingerprint density at radius 1 is 1.45 bits per heavy atom. The maximum atomic E-state index is 10.7. The lowest BCUT2D eigenvalue weighted by Crippen LogP contribution is -2.12. The smallest absolute Gasteiger partial charge is 0.378 e. The summed E-state index contributed by atoms with van der Waals surface area (Å²) in [5, 5.41) is 0. The van der Waals surface area contributed by atoms with Crippen LogP contribution in [-0.2, 0) is 14.3 Å². The van der Waals surface area contributed by atoms with Crippen molar-refractivity contribution in [3.05, 3.63) is 12.2 Å². The molecule has 0 atom stereocenters. The quantitative estimate of drug-likeness (QED) is 0.341. The molecule has 0 N–H and O–H groups in total. The standard InChI is InChI=1S/C8H10O3/c1-11-8(10)7(9)5-4-6-2-3-6/h4-6H,2-3H2,1H3/b5-4+. The third-order valence-corrected chi connectivity index (χ3v) is 1.53. The molecule has 1 aliphatic carbocycles. The summed E-state index contributed by atoms with van der Waals surface area (Å²) in [5.41, 5.74) is 0. The monoisotopic (exact) mass is 154 g/mol. The van der Waals surface area contributed by atoms with Gasteiger partial charge in [-0.2, -0.15) is 0 Å². The Kier molecular flexibility index (Phi) is 2.41. The van der Waals surface area contributed by atoms with Gasteiger partial charge in [0.2, 0.25) is 0 Å². The topological polar surface area (TPSA) is 43.4 Å². The first-order chi connectivity index (χ1) is 5.24. The second-order valence-electron chi connectivity index (χ2n) is 2.55. The maximum Gasteiger partial charge on any atom is 0.378 e. The number of carbonyl (C=O) groups is 2. The number of carbonyl (C=O) groups excluding carboxylic acids is 2. The van der Waals surface area contributed by atoms with Gasteiger partial charge in [0.05, 0.1) is 7.11 Å². The first kappa shape index (κ1) is 7.98. The Balaban J connectivity index is 2.34. The van der Waals surface area contributed by atoms with Crippen molar-refractivity contribution in [2.45, 2.75) is 12.8 Å². The largest absolute Gasteiger partial charge is 0.463 e. The molecule has 0 aromatic carbocycles. The molecule has 0 bridgehead atoms. The molecule has 3 heteroatoms. The highest BCUT2D eigenvalue weighted by atomic mass is 16.5. The molecule has 11 heavy (non-hydrogen) atoms. The number of ether oxygens (including phenoxy) is 1. The summed E-state index contributed by atoms with van der Waals surface area (Å²) in [6.45, 7) is 0. The van der Waals surface area contributed by atoms with Crippen LogP contribution in [0.25, 0.3) is 0 Å². The van der Waals surface area contributed by atoms with E-state index >= 15 is 0 Å². The number of rotatable bonds is 3. The van der Waals surface area contributed by atoms with Crippen LogP contribution in [0.15, 0.2) is 12.2 Å². The molecule has 0 unspecified atom stereocenters. The molecule has 0 aromatic rings. The van der Waals surface area contributed by atoms with Gasteiger partial charge in [0.25, 0.3) is 5.78 Å². The van der Waals surface area contributed by atoms with Gasteiger partial charge in [-0.1, -0.05) is 6.08 Å². The minimum Gasteiger partial charge on any atom is -0.463 e. The number of allylic oxidation sites excluding steroid dienone is 1. The van der Waals surface area contributed by atoms with Crippen molar-refractivity contribution >= 4 is 11.8 Å². The van der Waals surface area contributed by atoms with E-state index in [0.717, 1.165) is 12.8 Å². The second-order valence-corrected chi connectivity index (χ2v) is 2.55. The first-order valence-corrected chi connectivity index (χ1v) is 3.54. The fourth-order valence-corrected chi connectivity index (χ4v) is 0.681. The summed E-state index contributed by atoms with van der Waals surface area (Å²) in [6.07, 6.45) is 5.32. The van der Waals surface area contributed by atoms with Gasteiger partial charge >= 0.3 is 5.97 Å². The Labute approximate surface area is 65.0 Å². The molecule has 3 nitrogen and oxygen atoms in total. The third-order valence-electron chi connectivity index (χ3n) is 1.53. The molecule has 0 amide bonds. The normalized spacial score (nSPS) is 16.8. The van der Waals surface area contributed by atoms with E-state index in [1.165, 1.54) is 13.2 Å². The molecule has 1 aliphatic rings. The second kappa shape index (κ2) is 3.32. The molecular weight excluding hydrogens is 144 g/mol. The maximum absolute atomic E-state index is 10.7. The van der Waals surface area contributed by atoms with Crippen molar-refractivity contribution < 1.29 is 14.3 Å². The van der Waals surface area contributed by atoms with Crippen molar-refractivity contribution in [1.29, 1.82) is 0 Å². The first-order valence-electron chi connectivity index (χ1n) is 3.54. The molecule has 1 fully saturated rings. The number of esters is 1. The Morgan fingerprint density at radius 2 is 2.09 bits per heavy atom. The van der Waals surface area contributed by atoms with E-state index in [9.17, 15) is 9.59 Å². The Bertz CT molecular complexity index is 201. The molecule has 0 saturated heterocycles. The van der Waals surface area contributed by atoms with Crippen LogP contribution in [-0.4, -0.2) is 18.9 Å². The average Bonchev–Trinajstić information content (AvgIpc) is 2.81. The van der Waals surface area contributed by atoms with Crippen LogP contribution < -0.4 is 0 Å². The zero-order valence-electron chi connectivity index (χ0n) is 6.37. The highest BCUT2D eigenvalue weighted by molar-refractivity contribution is 6.38. The Morgan fingerprint density at radius 3 is 2.55 bits per heavy atom. The number of methoxy groups -OCH3 is 1. The molecule has 1 saturated carbocycles. The minimum absolute atomic E-state index is 0.517. The number of ketones is 1. The van der Waals surface area contributed by atoms with Crippen molar-refractivity contribution in [3.8, 4) is 0 Å². The summed E-state index contributed by atoms with van der Waals surface area (Å²) >= 11 is 0. The fourth-order valence-electron chi connectivity index (χ4n) is 0.681. The Hall–Kier alpha value is -1.12. The molecule has 0 heterocycles. The van der Waals surface area contributed by atoms with E-state index < -0.39 is 11.8 Å². The van der Waals surface area contributed by atoms with Crippen LogP contribution in [0.5, 0.6) is 0 Å². The zero-order chi connectivity index (χ0) is 8.27. The highest BCUT2D eigenvalue weighted by Crippen LogP contribution is 2.29. The summed E-state index contributed by atoms with van der Waals surface area (Å²) in [6, 6.07) is 0.